The van der Waals surface area contributed by atoms with Crippen molar-refractivity contribution in [2.75, 3.05) is 12.4 Å². The van der Waals surface area contributed by atoms with E-state index in [1.54, 1.807) is 19.2 Å². The van der Waals surface area contributed by atoms with Gasteiger partial charge in [-0.15, -0.1) is 0 Å². The lowest BCUT2D eigenvalue weighted by Gasteiger charge is -2.25. The van der Waals surface area contributed by atoms with Crippen molar-refractivity contribution in [1.82, 2.24) is 0 Å². The van der Waals surface area contributed by atoms with E-state index in [-0.39, 0.29) is 23.6 Å². The second-order valence-corrected chi connectivity index (χ2v) is 10.9. The second-order valence-electron chi connectivity index (χ2n) is 10.9. The number of hydrogen-bond donors (Lipinski definition) is 2. The molecule has 192 valence electrons. The summed E-state index contributed by atoms with van der Waals surface area (Å²) < 4.78 is 20.4. The van der Waals surface area contributed by atoms with E-state index in [2.05, 4.69) is 49.5 Å². The molecule has 2 N–H and O–H groups in total. The van der Waals surface area contributed by atoms with Gasteiger partial charge in [0.25, 0.3) is 0 Å². The molecule has 1 atom stereocenters. The summed E-state index contributed by atoms with van der Waals surface area (Å²) in [5.41, 5.74) is 8.22. The number of fused-ring (bicyclic) bond motifs is 1. The molecule has 5 rings (SSSR count). The van der Waals surface area contributed by atoms with Crippen LogP contribution in [-0.2, 0) is 17.8 Å². The highest BCUT2D eigenvalue weighted by molar-refractivity contribution is 5.85. The third-order valence-electron chi connectivity index (χ3n) is 7.95. The van der Waals surface area contributed by atoms with Crippen LogP contribution in [0.5, 0.6) is 5.75 Å². The van der Waals surface area contributed by atoms with Crippen LogP contribution in [-0.4, -0.2) is 18.2 Å². The summed E-state index contributed by atoms with van der Waals surface area (Å²) in [6.07, 6.45) is 6.37. The van der Waals surface area contributed by atoms with Gasteiger partial charge in [-0.2, -0.15) is 0 Å². The summed E-state index contributed by atoms with van der Waals surface area (Å²) in [6, 6.07) is 17.4. The third-order valence-corrected chi connectivity index (χ3v) is 7.95. The van der Waals surface area contributed by atoms with Gasteiger partial charge >= 0.3 is 5.97 Å². The fourth-order valence-corrected chi connectivity index (χ4v) is 5.88. The van der Waals surface area contributed by atoms with Crippen molar-refractivity contribution in [2.45, 2.75) is 58.4 Å². The first kappa shape index (κ1) is 25.1. The lowest BCUT2D eigenvalue weighted by Crippen LogP contribution is -2.11. The van der Waals surface area contributed by atoms with Crippen molar-refractivity contribution in [2.24, 2.45) is 5.41 Å². The van der Waals surface area contributed by atoms with Crippen LogP contribution < -0.4 is 10.1 Å². The summed E-state index contributed by atoms with van der Waals surface area (Å²) in [7, 11) is 1.60. The van der Waals surface area contributed by atoms with Crippen LogP contribution in [0.4, 0.5) is 10.1 Å². The molecule has 3 aromatic rings. The molecule has 0 radical (unpaired) electrons. The Morgan fingerprint density at radius 1 is 1.08 bits per heavy atom. The van der Waals surface area contributed by atoms with Crippen LogP contribution in [0.3, 0.4) is 0 Å². The average molecular weight is 500 g/mol. The normalized spacial score (nSPS) is 17.8. The second kappa shape index (κ2) is 10.0. The number of anilines is 1. The van der Waals surface area contributed by atoms with Gasteiger partial charge in [-0.25, -0.2) is 4.39 Å². The van der Waals surface area contributed by atoms with Gasteiger partial charge in [0.1, 0.15) is 11.6 Å². The Labute approximate surface area is 218 Å². The number of aliphatic carboxylic acids is 1. The molecule has 0 amide bonds. The van der Waals surface area contributed by atoms with E-state index in [0.717, 1.165) is 53.6 Å². The topological polar surface area (TPSA) is 58.6 Å². The number of nitrogens with one attached hydrogen (secondary N) is 1. The highest BCUT2D eigenvalue weighted by Gasteiger charge is 2.30. The number of hydrogen-bond acceptors (Lipinski definition) is 3. The smallest absolute Gasteiger partial charge is 0.303 e. The Morgan fingerprint density at radius 3 is 2.65 bits per heavy atom. The van der Waals surface area contributed by atoms with Crippen LogP contribution in [0.15, 0.2) is 60.7 Å². The number of allylic oxidation sites excluding steroid dienone is 2. The van der Waals surface area contributed by atoms with E-state index in [1.807, 2.05) is 12.1 Å². The maximum absolute atomic E-state index is 15.0. The molecule has 4 nitrogen and oxygen atoms in total. The number of aryl methyl sites for hydroxylation is 1. The molecule has 3 aromatic carbocycles. The Hall–Kier alpha value is -3.60. The monoisotopic (exact) mass is 499 g/mol. The maximum atomic E-state index is 15.0. The summed E-state index contributed by atoms with van der Waals surface area (Å²) in [4.78, 5) is 11.3. The Morgan fingerprint density at radius 2 is 1.92 bits per heavy atom. The van der Waals surface area contributed by atoms with E-state index >= 15 is 4.39 Å². The van der Waals surface area contributed by atoms with Crippen molar-refractivity contribution >= 4 is 17.2 Å². The van der Waals surface area contributed by atoms with Crippen LogP contribution >= 0.6 is 0 Å². The Bertz CT molecular complexity index is 1370. The first-order valence-corrected chi connectivity index (χ1v) is 13.0. The molecule has 0 heterocycles. The predicted octanol–water partition coefficient (Wildman–Crippen LogP) is 7.82. The summed E-state index contributed by atoms with van der Waals surface area (Å²) in [5.74, 6) is -0.307. The van der Waals surface area contributed by atoms with Crippen molar-refractivity contribution in [1.29, 1.82) is 0 Å². The molecule has 0 spiro atoms. The molecule has 0 saturated carbocycles. The van der Waals surface area contributed by atoms with E-state index in [4.69, 9.17) is 4.74 Å². The number of carboxylic acids is 1. The predicted molar refractivity (Wildman–Crippen MR) is 146 cm³/mol. The van der Waals surface area contributed by atoms with Crippen LogP contribution in [0.1, 0.15) is 67.7 Å². The van der Waals surface area contributed by atoms with Crippen molar-refractivity contribution in [3.05, 3.63) is 88.7 Å². The highest BCUT2D eigenvalue weighted by Crippen LogP contribution is 2.47. The summed E-state index contributed by atoms with van der Waals surface area (Å²) >= 11 is 0. The van der Waals surface area contributed by atoms with E-state index in [9.17, 15) is 9.90 Å². The third kappa shape index (κ3) is 5.13. The first-order chi connectivity index (χ1) is 17.7. The molecule has 0 bridgehead atoms. The number of ether oxygens (including phenoxy) is 1. The number of carbonyl (C=O) groups is 1. The van der Waals surface area contributed by atoms with Gasteiger partial charge < -0.3 is 15.2 Å². The maximum Gasteiger partial charge on any atom is 0.303 e. The molecule has 0 aromatic heterocycles. The van der Waals surface area contributed by atoms with Gasteiger partial charge in [0, 0.05) is 17.8 Å². The van der Waals surface area contributed by atoms with E-state index in [0.29, 0.717) is 17.9 Å². The molecule has 0 aliphatic heterocycles. The number of methoxy groups -OCH3 is 1. The number of rotatable bonds is 8. The fraction of sp³-hybridized carbons (Fsp3) is 0.344. The minimum absolute atomic E-state index is 0.00921. The quantitative estimate of drug-likeness (QED) is 0.332. The first-order valence-electron chi connectivity index (χ1n) is 13.0. The standard InChI is InChI=1S/C32H34FNO3/c1-32(2)14-4-5-29(32)27-15-20(6-12-25(27)28-18-24(37-3)11-13-30(28)33)19-34-23-10-9-21-7-8-22(16-31(35)36)26(21)17-23/h5-6,9-13,15,17-18,22,34H,4,7-8,14,16,19H2,1-3H3,(H,35,36)/t22-/m1/s1. The Balaban J connectivity index is 1.46. The Kier molecular flexibility index (Phi) is 6.80. The van der Waals surface area contributed by atoms with Crippen LogP contribution in [0, 0.1) is 11.2 Å². The zero-order chi connectivity index (χ0) is 26.2. The zero-order valence-electron chi connectivity index (χ0n) is 21.7. The molecule has 37 heavy (non-hydrogen) atoms. The van der Waals surface area contributed by atoms with Gasteiger partial charge in [0.05, 0.1) is 13.5 Å². The minimum Gasteiger partial charge on any atom is -0.497 e. The SMILES string of the molecule is COc1ccc(F)c(-c2ccc(CNc3ccc4c(c3)[C@@H](CC(=O)O)CC4)cc2C2=CCCC2(C)C)c1. The zero-order valence-corrected chi connectivity index (χ0v) is 21.7. The van der Waals surface area contributed by atoms with Crippen LogP contribution in [0.2, 0.25) is 0 Å². The minimum atomic E-state index is -0.750. The van der Waals surface area contributed by atoms with Crippen molar-refractivity contribution in [3.63, 3.8) is 0 Å². The fourth-order valence-electron chi connectivity index (χ4n) is 5.88. The molecule has 0 saturated heterocycles. The molecule has 2 aliphatic rings. The summed E-state index contributed by atoms with van der Waals surface area (Å²) in [5, 5.41) is 12.8. The number of halogens is 1. The van der Waals surface area contributed by atoms with Crippen molar-refractivity contribution in [3.8, 4) is 16.9 Å². The van der Waals surface area contributed by atoms with Gasteiger partial charge in [-0.05, 0) is 107 Å². The molecular formula is C32H34FNO3. The summed E-state index contributed by atoms with van der Waals surface area (Å²) in [6.45, 7) is 5.12. The van der Waals surface area contributed by atoms with E-state index in [1.165, 1.54) is 17.2 Å². The molecule has 5 heteroatoms. The van der Waals surface area contributed by atoms with Crippen LogP contribution in [0.25, 0.3) is 16.7 Å². The van der Waals surface area contributed by atoms with Crippen molar-refractivity contribution < 1.29 is 19.0 Å². The molecule has 0 unspecified atom stereocenters. The average Bonchev–Trinajstić information content (AvgIpc) is 3.44. The highest BCUT2D eigenvalue weighted by atomic mass is 19.1. The van der Waals surface area contributed by atoms with Gasteiger partial charge in [0.2, 0.25) is 0 Å². The van der Waals surface area contributed by atoms with Gasteiger partial charge in [0.15, 0.2) is 0 Å². The number of benzene rings is 3. The van der Waals surface area contributed by atoms with Gasteiger partial charge in [-0.3, -0.25) is 4.79 Å². The largest absolute Gasteiger partial charge is 0.497 e. The number of carboxylic acid groups (broad SMARTS) is 1. The lowest BCUT2D eigenvalue weighted by molar-refractivity contribution is -0.137. The lowest BCUT2D eigenvalue weighted by atomic mass is 9.79. The molecule has 0 fully saturated rings. The molecular weight excluding hydrogens is 465 g/mol. The van der Waals surface area contributed by atoms with Gasteiger partial charge in [-0.1, -0.05) is 38.1 Å². The van der Waals surface area contributed by atoms with E-state index < -0.39 is 5.97 Å². The molecule has 2 aliphatic carbocycles.